The van der Waals surface area contributed by atoms with E-state index in [0.717, 1.165) is 13.0 Å². The van der Waals surface area contributed by atoms with Gasteiger partial charge in [-0.2, -0.15) is 0 Å². The van der Waals surface area contributed by atoms with Crippen molar-refractivity contribution in [1.82, 2.24) is 5.43 Å². The molecule has 0 saturated carbocycles. The van der Waals surface area contributed by atoms with Crippen molar-refractivity contribution < 1.29 is 0 Å². The van der Waals surface area contributed by atoms with Crippen molar-refractivity contribution in [2.75, 3.05) is 6.54 Å². The fourth-order valence-corrected chi connectivity index (χ4v) is 2.51. The normalized spacial score (nSPS) is 10.6. The Morgan fingerprint density at radius 2 is 2.19 bits per heavy atom. The van der Waals surface area contributed by atoms with E-state index in [2.05, 4.69) is 40.8 Å². The van der Waals surface area contributed by atoms with Gasteiger partial charge in [0, 0.05) is 22.5 Å². The maximum atomic E-state index is 5.07. The van der Waals surface area contributed by atoms with Crippen molar-refractivity contribution in [3.63, 3.8) is 0 Å². The molecular weight excluding hydrogens is 242 g/mol. The number of nitrogens with one attached hydrogen (secondary N) is 1. The Morgan fingerprint density at radius 3 is 2.94 bits per heavy atom. The number of hydrogen-bond donors (Lipinski definition) is 2. The lowest BCUT2D eigenvalue weighted by atomic mass is 10.2. The third-order valence-electron chi connectivity index (χ3n) is 2.13. The summed E-state index contributed by atoms with van der Waals surface area (Å²) in [6, 6.07) is 10.6. The molecule has 0 radical (unpaired) electrons. The number of halogens is 1. The van der Waals surface area contributed by atoms with Crippen molar-refractivity contribution in [3.8, 4) is 0 Å². The lowest BCUT2D eigenvalue weighted by Gasteiger charge is -1.90. The van der Waals surface area contributed by atoms with Gasteiger partial charge in [-0.05, 0) is 17.5 Å². The van der Waals surface area contributed by atoms with Gasteiger partial charge in [0.25, 0.3) is 0 Å². The lowest BCUT2D eigenvalue weighted by Crippen LogP contribution is -2.19. The van der Waals surface area contributed by atoms with E-state index in [1.54, 1.807) is 0 Å². The monoisotopic (exact) mass is 255 g/mol. The molecule has 1 aromatic heterocycles. The summed E-state index contributed by atoms with van der Waals surface area (Å²) in [6.07, 6.45) is 2.49. The second kappa shape index (κ2) is 6.48. The molecule has 2 aromatic rings. The molecule has 0 fully saturated rings. The van der Waals surface area contributed by atoms with Crippen LogP contribution < -0.4 is 11.3 Å². The number of benzene rings is 1. The highest BCUT2D eigenvalue weighted by molar-refractivity contribution is 7.19. The van der Waals surface area contributed by atoms with Crippen LogP contribution in [0.3, 0.4) is 0 Å². The average molecular weight is 256 g/mol. The van der Waals surface area contributed by atoms with Gasteiger partial charge in [-0.15, -0.1) is 23.7 Å². The first-order valence-electron chi connectivity index (χ1n) is 4.82. The highest BCUT2D eigenvalue weighted by atomic mass is 35.5. The van der Waals surface area contributed by atoms with Gasteiger partial charge in [-0.25, -0.2) is 5.84 Å². The van der Waals surface area contributed by atoms with Crippen LogP contribution in [-0.4, -0.2) is 12.9 Å². The molecule has 2 rings (SSSR count). The van der Waals surface area contributed by atoms with Crippen LogP contribution in [0.1, 0.15) is 4.88 Å². The van der Waals surface area contributed by atoms with E-state index in [9.17, 15) is 0 Å². The summed E-state index contributed by atoms with van der Waals surface area (Å²) in [5.41, 5.74) is 2.39. The van der Waals surface area contributed by atoms with E-state index in [1.807, 2.05) is 11.3 Å². The van der Waals surface area contributed by atoms with Crippen LogP contribution in [0.2, 0.25) is 0 Å². The summed E-state index contributed by atoms with van der Waals surface area (Å²) in [5.74, 6) is 5.07. The molecule has 0 aliphatic rings. The molecule has 1 heterocycles. The van der Waals surface area contributed by atoms with Gasteiger partial charge in [0.05, 0.1) is 6.34 Å². The van der Waals surface area contributed by atoms with Crippen molar-refractivity contribution in [1.29, 1.82) is 0 Å². The standard InChI is InChI=1S/C11H13N3S.ClH/c12-14-8-13-6-5-10-7-9-3-1-2-4-11(9)15-10;/h1-4,7-8H,5-6,12H2,(H,13,14);1H. The second-order valence-corrected chi connectivity index (χ2v) is 4.37. The smallest absolute Gasteiger partial charge is 0.0964 e. The highest BCUT2D eigenvalue weighted by Crippen LogP contribution is 2.25. The molecular formula is C11H14ClN3S. The Balaban J connectivity index is 0.00000128. The van der Waals surface area contributed by atoms with Crippen LogP contribution in [-0.2, 0) is 6.42 Å². The van der Waals surface area contributed by atoms with E-state index >= 15 is 0 Å². The van der Waals surface area contributed by atoms with Crippen LogP contribution in [0.15, 0.2) is 35.3 Å². The predicted molar refractivity (Wildman–Crippen MR) is 73.5 cm³/mol. The maximum Gasteiger partial charge on any atom is 0.0964 e. The van der Waals surface area contributed by atoms with Gasteiger partial charge < -0.3 is 5.43 Å². The predicted octanol–water partition coefficient (Wildman–Crippen LogP) is 2.36. The quantitative estimate of drug-likeness (QED) is 0.381. The third-order valence-corrected chi connectivity index (χ3v) is 3.31. The van der Waals surface area contributed by atoms with E-state index in [4.69, 9.17) is 5.84 Å². The summed E-state index contributed by atoms with van der Waals surface area (Å²) in [4.78, 5) is 5.47. The molecule has 0 aliphatic heterocycles. The number of thiophene rings is 1. The first kappa shape index (κ1) is 13.0. The highest BCUT2D eigenvalue weighted by Gasteiger charge is 1.99. The van der Waals surface area contributed by atoms with Crippen molar-refractivity contribution in [3.05, 3.63) is 35.2 Å². The molecule has 0 aliphatic carbocycles. The Morgan fingerprint density at radius 1 is 1.38 bits per heavy atom. The Bertz CT molecular complexity index is 434. The fourth-order valence-electron chi connectivity index (χ4n) is 1.45. The molecule has 0 bridgehead atoms. The number of hydrazine groups is 1. The number of fused-ring (bicyclic) bond motifs is 1. The summed E-state index contributed by atoms with van der Waals surface area (Å²) < 4.78 is 1.34. The van der Waals surface area contributed by atoms with Gasteiger partial charge >= 0.3 is 0 Å². The Hall–Kier alpha value is -1.10. The van der Waals surface area contributed by atoms with Crippen LogP contribution in [0.25, 0.3) is 10.1 Å². The molecule has 0 unspecified atom stereocenters. The van der Waals surface area contributed by atoms with E-state index < -0.39 is 0 Å². The minimum atomic E-state index is 0. The van der Waals surface area contributed by atoms with Crippen molar-refractivity contribution >= 4 is 40.2 Å². The van der Waals surface area contributed by atoms with E-state index in [0.29, 0.717) is 0 Å². The molecule has 86 valence electrons. The molecule has 3 nitrogen and oxygen atoms in total. The molecule has 0 atom stereocenters. The van der Waals surface area contributed by atoms with Gasteiger partial charge in [-0.1, -0.05) is 18.2 Å². The SMILES string of the molecule is Cl.NNC=NCCc1cc2ccccc2s1. The molecule has 0 amide bonds. The minimum absolute atomic E-state index is 0. The van der Waals surface area contributed by atoms with Crippen molar-refractivity contribution in [2.24, 2.45) is 10.8 Å². The zero-order valence-electron chi connectivity index (χ0n) is 8.72. The number of rotatable bonds is 4. The van der Waals surface area contributed by atoms with Crippen LogP contribution in [0.5, 0.6) is 0 Å². The first-order chi connectivity index (χ1) is 7.40. The van der Waals surface area contributed by atoms with Gasteiger partial charge in [0.2, 0.25) is 0 Å². The fraction of sp³-hybridized carbons (Fsp3) is 0.182. The Labute approximate surface area is 105 Å². The average Bonchev–Trinajstić information content (AvgIpc) is 2.67. The molecule has 5 heteroatoms. The minimum Gasteiger partial charge on any atom is -0.315 e. The maximum absolute atomic E-state index is 5.07. The summed E-state index contributed by atoms with van der Waals surface area (Å²) in [7, 11) is 0. The second-order valence-electron chi connectivity index (χ2n) is 3.20. The molecule has 0 spiro atoms. The number of hydrogen-bond acceptors (Lipinski definition) is 3. The third kappa shape index (κ3) is 3.20. The van der Waals surface area contributed by atoms with Crippen LogP contribution >= 0.6 is 23.7 Å². The zero-order valence-corrected chi connectivity index (χ0v) is 10.4. The van der Waals surface area contributed by atoms with E-state index in [1.165, 1.54) is 21.3 Å². The number of nitrogens with two attached hydrogens (primary N) is 1. The van der Waals surface area contributed by atoms with E-state index in [-0.39, 0.29) is 12.4 Å². The Kier molecular flexibility index (Phi) is 5.25. The largest absolute Gasteiger partial charge is 0.315 e. The van der Waals surface area contributed by atoms with Gasteiger partial charge in [0.15, 0.2) is 0 Å². The number of nitrogens with zero attached hydrogens (tertiary/aromatic N) is 1. The van der Waals surface area contributed by atoms with Crippen LogP contribution in [0, 0.1) is 0 Å². The lowest BCUT2D eigenvalue weighted by molar-refractivity contribution is 0.963. The van der Waals surface area contributed by atoms with Gasteiger partial charge in [-0.3, -0.25) is 4.99 Å². The summed E-state index contributed by atoms with van der Waals surface area (Å²) in [5, 5.41) is 1.32. The molecule has 0 saturated heterocycles. The van der Waals surface area contributed by atoms with Gasteiger partial charge in [0.1, 0.15) is 0 Å². The molecule has 16 heavy (non-hydrogen) atoms. The topological polar surface area (TPSA) is 50.4 Å². The zero-order chi connectivity index (χ0) is 10.5. The summed E-state index contributed by atoms with van der Waals surface area (Å²) in [6.45, 7) is 0.775. The van der Waals surface area contributed by atoms with Crippen molar-refractivity contribution in [2.45, 2.75) is 6.42 Å². The molecule has 3 N–H and O–H groups in total. The first-order valence-corrected chi connectivity index (χ1v) is 5.63. The summed E-state index contributed by atoms with van der Waals surface area (Å²) >= 11 is 1.83. The number of aliphatic imine (C=N–C) groups is 1. The molecule has 1 aromatic carbocycles. The van der Waals surface area contributed by atoms with Crippen LogP contribution in [0.4, 0.5) is 0 Å².